The van der Waals surface area contributed by atoms with Crippen LogP contribution in [0.5, 0.6) is 0 Å². The van der Waals surface area contributed by atoms with Gasteiger partial charge in [-0.1, -0.05) is 25.1 Å². The molecule has 3 heterocycles. The van der Waals surface area contributed by atoms with Gasteiger partial charge in [0.05, 0.1) is 0 Å². The molecule has 5 nitrogen and oxygen atoms in total. The van der Waals surface area contributed by atoms with Crippen molar-refractivity contribution in [2.75, 3.05) is 10.6 Å². The monoisotopic (exact) mass is 362 g/mol. The number of carbonyl (C=O) groups is 1. The summed E-state index contributed by atoms with van der Waals surface area (Å²) in [5, 5.41) is 9.85. The summed E-state index contributed by atoms with van der Waals surface area (Å²) in [4.78, 5) is 17.2. The Morgan fingerprint density at radius 3 is 2.69 bits per heavy atom. The number of carbonyl (C=O) groups excluding carboxylic acids is 1. The van der Waals surface area contributed by atoms with E-state index in [4.69, 9.17) is 0 Å². The van der Waals surface area contributed by atoms with E-state index in [1.165, 1.54) is 5.56 Å². The third-order valence-electron chi connectivity index (χ3n) is 4.18. The van der Waals surface area contributed by atoms with Gasteiger partial charge in [-0.3, -0.25) is 9.72 Å². The molecule has 4 aromatic rings. The first-order valence-electron chi connectivity index (χ1n) is 8.41. The number of amides is 2. The maximum absolute atomic E-state index is 12.5. The van der Waals surface area contributed by atoms with Crippen molar-refractivity contribution >= 4 is 34.5 Å². The topological polar surface area (TPSA) is 58.4 Å². The molecule has 0 aliphatic heterocycles. The van der Waals surface area contributed by atoms with Crippen molar-refractivity contribution in [2.45, 2.75) is 13.3 Å². The Bertz CT molecular complexity index is 1040. The number of thiophene rings is 1. The average Bonchev–Trinajstić information content (AvgIpc) is 3.31. The zero-order chi connectivity index (χ0) is 17.9. The fourth-order valence-electron chi connectivity index (χ4n) is 2.81. The minimum Gasteiger partial charge on any atom is -0.308 e. The Morgan fingerprint density at radius 1 is 1.12 bits per heavy atom. The van der Waals surface area contributed by atoms with E-state index in [-0.39, 0.29) is 6.03 Å². The van der Waals surface area contributed by atoms with Crippen LogP contribution in [0.1, 0.15) is 12.5 Å². The minimum absolute atomic E-state index is 0.295. The summed E-state index contributed by atoms with van der Waals surface area (Å²) in [6.07, 6.45) is 2.86. The average molecular weight is 362 g/mol. The van der Waals surface area contributed by atoms with Gasteiger partial charge in [0.1, 0.15) is 17.2 Å². The van der Waals surface area contributed by atoms with Gasteiger partial charge in [-0.25, -0.2) is 9.78 Å². The van der Waals surface area contributed by atoms with Crippen molar-refractivity contribution < 1.29 is 4.79 Å². The molecule has 2 amide bonds. The third kappa shape index (κ3) is 3.19. The molecule has 6 heteroatoms. The Kier molecular flexibility index (Phi) is 4.41. The lowest BCUT2D eigenvalue weighted by Crippen LogP contribution is -2.20. The second kappa shape index (κ2) is 7.01. The van der Waals surface area contributed by atoms with Crippen molar-refractivity contribution in [3.63, 3.8) is 0 Å². The van der Waals surface area contributed by atoms with E-state index in [0.717, 1.165) is 29.0 Å². The molecule has 0 atom stereocenters. The van der Waals surface area contributed by atoms with Crippen LogP contribution in [0.3, 0.4) is 0 Å². The molecular weight excluding hydrogens is 344 g/mol. The predicted octanol–water partition coefficient (Wildman–Crippen LogP) is 5.27. The Hall–Kier alpha value is -3.12. The second-order valence-corrected chi connectivity index (χ2v) is 6.66. The van der Waals surface area contributed by atoms with Crippen LogP contribution in [0, 0.1) is 0 Å². The molecule has 3 aromatic heterocycles. The molecule has 0 radical (unpaired) electrons. The Labute approximate surface area is 155 Å². The SMILES string of the molecule is CCc1ccc(NC(=O)Nc2c(-c3ccsc3)nc3ccccn23)cc1. The lowest BCUT2D eigenvalue weighted by atomic mass is 10.1. The summed E-state index contributed by atoms with van der Waals surface area (Å²) in [7, 11) is 0. The van der Waals surface area contributed by atoms with E-state index in [9.17, 15) is 4.79 Å². The van der Waals surface area contributed by atoms with Gasteiger partial charge in [0.15, 0.2) is 0 Å². The highest BCUT2D eigenvalue weighted by atomic mass is 32.1. The van der Waals surface area contributed by atoms with Crippen LogP contribution in [0.25, 0.3) is 16.9 Å². The van der Waals surface area contributed by atoms with Gasteiger partial charge in [0, 0.05) is 22.8 Å². The molecule has 2 N–H and O–H groups in total. The number of imidazole rings is 1. The summed E-state index contributed by atoms with van der Waals surface area (Å²) in [6, 6.07) is 15.3. The van der Waals surface area contributed by atoms with E-state index in [1.54, 1.807) is 11.3 Å². The molecule has 0 aliphatic rings. The highest BCUT2D eigenvalue weighted by Gasteiger charge is 2.16. The molecule has 130 valence electrons. The number of aryl methyl sites for hydroxylation is 1. The molecule has 4 rings (SSSR count). The summed E-state index contributed by atoms with van der Waals surface area (Å²) in [6.45, 7) is 2.10. The second-order valence-electron chi connectivity index (χ2n) is 5.88. The van der Waals surface area contributed by atoms with E-state index < -0.39 is 0 Å². The van der Waals surface area contributed by atoms with Crippen LogP contribution in [-0.2, 0) is 6.42 Å². The standard InChI is InChI=1S/C20H18N4OS/c1-2-14-6-8-16(9-7-14)21-20(25)23-19-18(15-10-12-26-13-15)22-17-5-3-4-11-24(17)19/h3-13H,2H2,1H3,(H2,21,23,25). The molecule has 0 fully saturated rings. The van der Waals surface area contributed by atoms with Crippen LogP contribution >= 0.6 is 11.3 Å². The van der Waals surface area contributed by atoms with Gasteiger partial charge in [-0.15, -0.1) is 0 Å². The lowest BCUT2D eigenvalue weighted by molar-refractivity contribution is 0.262. The number of hydrogen-bond acceptors (Lipinski definition) is 3. The van der Waals surface area contributed by atoms with Crippen molar-refractivity contribution in [1.29, 1.82) is 0 Å². The number of nitrogens with one attached hydrogen (secondary N) is 2. The van der Waals surface area contributed by atoms with Crippen LogP contribution in [-0.4, -0.2) is 15.4 Å². The fourth-order valence-corrected chi connectivity index (χ4v) is 3.45. The maximum Gasteiger partial charge on any atom is 0.324 e. The van der Waals surface area contributed by atoms with Gasteiger partial charge >= 0.3 is 6.03 Å². The quantitative estimate of drug-likeness (QED) is 0.520. The molecule has 26 heavy (non-hydrogen) atoms. The molecule has 0 unspecified atom stereocenters. The number of benzene rings is 1. The summed E-state index contributed by atoms with van der Waals surface area (Å²) in [5.74, 6) is 0.654. The third-order valence-corrected chi connectivity index (χ3v) is 4.86. The van der Waals surface area contributed by atoms with E-state index >= 15 is 0 Å². The summed E-state index contributed by atoms with van der Waals surface area (Å²) < 4.78 is 1.88. The van der Waals surface area contributed by atoms with Crippen LogP contribution in [0.15, 0.2) is 65.5 Å². The van der Waals surface area contributed by atoms with E-state index in [2.05, 4.69) is 22.5 Å². The number of hydrogen-bond donors (Lipinski definition) is 2. The smallest absolute Gasteiger partial charge is 0.308 e. The number of anilines is 2. The highest BCUT2D eigenvalue weighted by molar-refractivity contribution is 7.08. The maximum atomic E-state index is 12.5. The fraction of sp³-hybridized carbons (Fsp3) is 0.100. The number of nitrogens with zero attached hydrogens (tertiary/aromatic N) is 2. The number of fused-ring (bicyclic) bond motifs is 1. The number of pyridine rings is 1. The number of rotatable bonds is 4. The first-order valence-corrected chi connectivity index (χ1v) is 9.35. The van der Waals surface area contributed by atoms with Gasteiger partial charge in [0.2, 0.25) is 0 Å². The largest absolute Gasteiger partial charge is 0.324 e. The molecule has 1 aromatic carbocycles. The van der Waals surface area contributed by atoms with E-state index in [1.807, 2.05) is 69.9 Å². The summed E-state index contributed by atoms with van der Waals surface area (Å²) >= 11 is 1.60. The zero-order valence-corrected chi connectivity index (χ0v) is 15.1. The predicted molar refractivity (Wildman–Crippen MR) is 107 cm³/mol. The Balaban J connectivity index is 1.63. The van der Waals surface area contributed by atoms with Crippen molar-refractivity contribution in [3.05, 3.63) is 71.1 Å². The number of urea groups is 1. The Morgan fingerprint density at radius 2 is 1.96 bits per heavy atom. The van der Waals surface area contributed by atoms with Gasteiger partial charge < -0.3 is 5.32 Å². The van der Waals surface area contributed by atoms with Crippen LogP contribution in [0.4, 0.5) is 16.3 Å². The molecule has 0 saturated carbocycles. The molecule has 0 bridgehead atoms. The van der Waals surface area contributed by atoms with Crippen molar-refractivity contribution in [1.82, 2.24) is 9.38 Å². The first-order chi connectivity index (χ1) is 12.7. The first kappa shape index (κ1) is 16.4. The normalized spacial score (nSPS) is 10.8. The van der Waals surface area contributed by atoms with Gasteiger partial charge in [-0.05, 0) is 47.7 Å². The van der Waals surface area contributed by atoms with Gasteiger partial charge in [0.25, 0.3) is 0 Å². The van der Waals surface area contributed by atoms with Crippen molar-refractivity contribution in [3.8, 4) is 11.3 Å². The lowest BCUT2D eigenvalue weighted by Gasteiger charge is -2.09. The summed E-state index contributed by atoms with van der Waals surface area (Å²) in [5.41, 5.74) is 4.52. The zero-order valence-electron chi connectivity index (χ0n) is 14.3. The molecule has 0 aliphatic carbocycles. The van der Waals surface area contributed by atoms with Crippen molar-refractivity contribution in [2.24, 2.45) is 0 Å². The van der Waals surface area contributed by atoms with E-state index in [0.29, 0.717) is 5.82 Å². The minimum atomic E-state index is -0.295. The highest BCUT2D eigenvalue weighted by Crippen LogP contribution is 2.30. The molecular formula is C20H18N4OS. The van der Waals surface area contributed by atoms with Crippen LogP contribution < -0.4 is 10.6 Å². The molecule has 0 spiro atoms. The number of aromatic nitrogens is 2. The van der Waals surface area contributed by atoms with Crippen LogP contribution in [0.2, 0.25) is 0 Å². The van der Waals surface area contributed by atoms with Gasteiger partial charge in [-0.2, -0.15) is 11.3 Å². The molecule has 0 saturated heterocycles.